The third-order valence-electron chi connectivity index (χ3n) is 6.01. The van der Waals surface area contributed by atoms with Crippen molar-refractivity contribution in [2.24, 2.45) is 28.9 Å². The normalized spacial score (nSPS) is 40.2. The van der Waals surface area contributed by atoms with Gasteiger partial charge in [0.1, 0.15) is 6.61 Å². The summed E-state index contributed by atoms with van der Waals surface area (Å²) in [5.41, 5.74) is 7.13. The molecule has 0 aliphatic heterocycles. The summed E-state index contributed by atoms with van der Waals surface area (Å²) in [4.78, 5) is 12.8. The second kappa shape index (κ2) is 4.84. The van der Waals surface area contributed by atoms with Crippen molar-refractivity contribution in [1.29, 1.82) is 0 Å². The van der Waals surface area contributed by atoms with Crippen molar-refractivity contribution >= 4 is 5.97 Å². The van der Waals surface area contributed by atoms with Gasteiger partial charge in [-0.2, -0.15) is 0 Å². The summed E-state index contributed by atoms with van der Waals surface area (Å²) in [5, 5.41) is 0. The van der Waals surface area contributed by atoms with Crippen LogP contribution < -0.4 is 5.73 Å². The van der Waals surface area contributed by atoms with Crippen LogP contribution in [0.15, 0.2) is 30.3 Å². The van der Waals surface area contributed by atoms with Gasteiger partial charge < -0.3 is 10.5 Å². The Kier molecular flexibility index (Phi) is 3.07. The van der Waals surface area contributed by atoms with Crippen molar-refractivity contribution in [3.8, 4) is 0 Å². The third-order valence-corrected chi connectivity index (χ3v) is 6.01. The van der Waals surface area contributed by atoms with Crippen LogP contribution in [0, 0.1) is 23.2 Å². The molecule has 4 fully saturated rings. The first-order valence-corrected chi connectivity index (χ1v) is 8.14. The number of carbonyl (C=O) groups is 1. The number of hydrogen-bond acceptors (Lipinski definition) is 3. The molecule has 5 rings (SSSR count). The van der Waals surface area contributed by atoms with Gasteiger partial charge in [0.15, 0.2) is 0 Å². The number of ether oxygens (including phenoxy) is 1. The monoisotopic (exact) mass is 285 g/mol. The Labute approximate surface area is 125 Å². The first-order chi connectivity index (χ1) is 10.2. The molecule has 0 radical (unpaired) electrons. The van der Waals surface area contributed by atoms with E-state index >= 15 is 0 Å². The van der Waals surface area contributed by atoms with E-state index in [-0.39, 0.29) is 17.4 Å². The van der Waals surface area contributed by atoms with E-state index in [2.05, 4.69) is 0 Å². The Hall–Kier alpha value is -1.35. The molecule has 3 atom stereocenters. The van der Waals surface area contributed by atoms with Crippen LogP contribution in [0.2, 0.25) is 0 Å². The number of esters is 1. The molecule has 4 saturated carbocycles. The molecule has 0 amide bonds. The van der Waals surface area contributed by atoms with E-state index in [0.717, 1.165) is 18.4 Å². The van der Waals surface area contributed by atoms with Gasteiger partial charge in [0.25, 0.3) is 0 Å². The topological polar surface area (TPSA) is 52.3 Å². The first-order valence-electron chi connectivity index (χ1n) is 8.14. The summed E-state index contributed by atoms with van der Waals surface area (Å²) >= 11 is 0. The molecule has 1 aromatic carbocycles. The van der Waals surface area contributed by atoms with Gasteiger partial charge in [-0.3, -0.25) is 4.79 Å². The summed E-state index contributed by atoms with van der Waals surface area (Å²) in [6.07, 6.45) is 5.66. The Bertz CT molecular complexity index is 527. The highest BCUT2D eigenvalue weighted by Crippen LogP contribution is 2.59. The van der Waals surface area contributed by atoms with Gasteiger partial charge in [-0.15, -0.1) is 0 Å². The predicted molar refractivity (Wildman–Crippen MR) is 80.2 cm³/mol. The molecule has 21 heavy (non-hydrogen) atoms. The van der Waals surface area contributed by atoms with Crippen molar-refractivity contribution in [3.05, 3.63) is 35.9 Å². The number of nitrogens with two attached hydrogens (primary N) is 1. The third kappa shape index (κ3) is 2.10. The van der Waals surface area contributed by atoms with E-state index < -0.39 is 0 Å². The van der Waals surface area contributed by atoms with Gasteiger partial charge >= 0.3 is 5.97 Å². The summed E-state index contributed by atoms with van der Waals surface area (Å²) < 4.78 is 5.66. The van der Waals surface area contributed by atoms with E-state index in [4.69, 9.17) is 10.5 Å². The molecule has 3 unspecified atom stereocenters. The maximum absolute atomic E-state index is 12.8. The minimum absolute atomic E-state index is 0.00794. The molecule has 1 aromatic rings. The van der Waals surface area contributed by atoms with E-state index in [1.54, 1.807) is 0 Å². The lowest BCUT2D eigenvalue weighted by Gasteiger charge is -2.58. The SMILES string of the molecule is NC1C2CC3CC(C2)CC1(C(=O)OCc1ccccc1)C3. The zero-order valence-corrected chi connectivity index (χ0v) is 12.3. The molecule has 3 nitrogen and oxygen atoms in total. The van der Waals surface area contributed by atoms with Crippen LogP contribution in [-0.4, -0.2) is 12.0 Å². The van der Waals surface area contributed by atoms with Gasteiger partial charge in [0.05, 0.1) is 5.41 Å². The molecule has 3 heteroatoms. The van der Waals surface area contributed by atoms with Crippen molar-refractivity contribution in [1.82, 2.24) is 0 Å². The quantitative estimate of drug-likeness (QED) is 0.869. The van der Waals surface area contributed by atoms with Crippen LogP contribution in [0.3, 0.4) is 0 Å². The summed E-state index contributed by atoms with van der Waals surface area (Å²) in [6.45, 7) is 0.369. The fraction of sp³-hybridized carbons (Fsp3) is 0.611. The molecule has 0 heterocycles. The maximum Gasteiger partial charge on any atom is 0.314 e. The fourth-order valence-electron chi connectivity index (χ4n) is 5.25. The van der Waals surface area contributed by atoms with Crippen LogP contribution in [0.25, 0.3) is 0 Å². The smallest absolute Gasteiger partial charge is 0.314 e. The largest absolute Gasteiger partial charge is 0.460 e. The minimum atomic E-state index is -0.385. The molecule has 4 bridgehead atoms. The van der Waals surface area contributed by atoms with Crippen molar-refractivity contribution in [2.75, 3.05) is 0 Å². The molecular formula is C18H23NO2. The Balaban J connectivity index is 1.50. The molecule has 0 spiro atoms. The van der Waals surface area contributed by atoms with Gasteiger partial charge in [0.2, 0.25) is 0 Å². The minimum Gasteiger partial charge on any atom is -0.460 e. The molecule has 4 aliphatic rings. The van der Waals surface area contributed by atoms with Gasteiger partial charge in [-0.1, -0.05) is 30.3 Å². The number of carbonyl (C=O) groups excluding carboxylic acids is 1. The summed E-state index contributed by atoms with van der Waals surface area (Å²) in [5.74, 6) is 1.90. The number of hydrogen-bond donors (Lipinski definition) is 1. The number of benzene rings is 1. The second-order valence-corrected chi connectivity index (χ2v) is 7.35. The van der Waals surface area contributed by atoms with Crippen LogP contribution in [0.1, 0.15) is 37.7 Å². The van der Waals surface area contributed by atoms with Crippen molar-refractivity contribution in [3.63, 3.8) is 0 Å². The highest BCUT2D eigenvalue weighted by Gasteiger charge is 2.60. The Morgan fingerprint density at radius 1 is 1.14 bits per heavy atom. The zero-order valence-electron chi connectivity index (χ0n) is 12.3. The lowest BCUT2D eigenvalue weighted by atomic mass is 9.47. The van der Waals surface area contributed by atoms with Crippen LogP contribution in [0.4, 0.5) is 0 Å². The first kappa shape index (κ1) is 13.3. The van der Waals surface area contributed by atoms with E-state index in [0.29, 0.717) is 24.4 Å². The number of rotatable bonds is 3. The highest BCUT2D eigenvalue weighted by molar-refractivity contribution is 5.78. The van der Waals surface area contributed by atoms with Crippen LogP contribution >= 0.6 is 0 Å². The molecule has 112 valence electrons. The van der Waals surface area contributed by atoms with Crippen molar-refractivity contribution in [2.45, 2.75) is 44.8 Å². The van der Waals surface area contributed by atoms with Crippen LogP contribution in [-0.2, 0) is 16.1 Å². The standard InChI is InChI=1S/C18H23NO2/c19-16-15-7-13-6-14(8-15)10-18(16,9-13)17(20)21-11-12-4-2-1-3-5-12/h1-5,13-16H,6-11,19H2. The van der Waals surface area contributed by atoms with Crippen molar-refractivity contribution < 1.29 is 9.53 Å². The van der Waals surface area contributed by atoms with E-state index in [1.807, 2.05) is 30.3 Å². The average molecular weight is 285 g/mol. The second-order valence-electron chi connectivity index (χ2n) is 7.35. The van der Waals surface area contributed by atoms with Gasteiger partial charge in [0, 0.05) is 6.04 Å². The maximum atomic E-state index is 12.8. The summed E-state index contributed by atoms with van der Waals surface area (Å²) in [7, 11) is 0. The molecule has 2 N–H and O–H groups in total. The van der Waals surface area contributed by atoms with Crippen LogP contribution in [0.5, 0.6) is 0 Å². The van der Waals surface area contributed by atoms with Gasteiger partial charge in [-0.25, -0.2) is 0 Å². The molecular weight excluding hydrogens is 262 g/mol. The summed E-state index contributed by atoms with van der Waals surface area (Å²) in [6, 6.07) is 9.91. The average Bonchev–Trinajstić information content (AvgIpc) is 2.50. The zero-order chi connectivity index (χ0) is 14.4. The highest BCUT2D eigenvalue weighted by atomic mass is 16.5. The fourth-order valence-corrected chi connectivity index (χ4v) is 5.25. The lowest BCUT2D eigenvalue weighted by molar-refractivity contribution is -0.176. The lowest BCUT2D eigenvalue weighted by Crippen LogP contribution is -2.63. The molecule has 0 saturated heterocycles. The Morgan fingerprint density at radius 2 is 1.81 bits per heavy atom. The van der Waals surface area contributed by atoms with E-state index in [1.165, 1.54) is 19.3 Å². The molecule has 0 aromatic heterocycles. The Morgan fingerprint density at radius 3 is 2.48 bits per heavy atom. The van der Waals surface area contributed by atoms with E-state index in [9.17, 15) is 4.79 Å². The molecule has 4 aliphatic carbocycles. The predicted octanol–water partition coefficient (Wildman–Crippen LogP) is 2.88. The van der Waals surface area contributed by atoms with Gasteiger partial charge in [-0.05, 0) is 55.4 Å².